The van der Waals surface area contributed by atoms with E-state index in [0.717, 1.165) is 21.8 Å². The lowest BCUT2D eigenvalue weighted by atomic mass is 10.0. The van der Waals surface area contributed by atoms with Crippen LogP contribution in [0.1, 0.15) is 26.2 Å². The van der Waals surface area contributed by atoms with E-state index in [-0.39, 0.29) is 0 Å². The topological polar surface area (TPSA) is 15.3 Å². The average molecular weight is 313 g/mol. The molecule has 2 rings (SSSR count). The van der Waals surface area contributed by atoms with Gasteiger partial charge in [-0.3, -0.25) is 0 Å². The van der Waals surface area contributed by atoms with Gasteiger partial charge in [-0.1, -0.05) is 15.9 Å². The molecular formula is C13H17BrN2S. The molecule has 17 heavy (non-hydrogen) atoms. The largest absolute Gasteiger partial charge is 0.346 e. The summed E-state index contributed by atoms with van der Waals surface area (Å²) in [5.74, 6) is 0. The van der Waals surface area contributed by atoms with Crippen molar-refractivity contribution in [1.29, 1.82) is 0 Å². The van der Waals surface area contributed by atoms with Crippen molar-refractivity contribution >= 4 is 38.9 Å². The quantitative estimate of drug-likeness (QED) is 0.788. The summed E-state index contributed by atoms with van der Waals surface area (Å²) in [5.41, 5.74) is 1.05. The smallest absolute Gasteiger partial charge is 0.173 e. The molecule has 0 aliphatic carbocycles. The molecule has 0 radical (unpaired) electrons. The second-order valence-electron chi connectivity index (χ2n) is 4.48. The molecule has 0 aromatic heterocycles. The normalized spacial score (nSPS) is 20.1. The second-order valence-corrected chi connectivity index (χ2v) is 5.78. The molecule has 1 aliphatic heterocycles. The van der Waals surface area contributed by atoms with Gasteiger partial charge in [0.1, 0.15) is 0 Å². The number of thiocarbonyl (C=S) groups is 1. The maximum Gasteiger partial charge on any atom is 0.173 e. The fraction of sp³-hybridized carbons (Fsp3) is 0.462. The summed E-state index contributed by atoms with van der Waals surface area (Å²) in [6, 6.07) is 8.66. The van der Waals surface area contributed by atoms with Gasteiger partial charge in [0.2, 0.25) is 0 Å². The zero-order valence-corrected chi connectivity index (χ0v) is 12.4. The van der Waals surface area contributed by atoms with Gasteiger partial charge in [0.15, 0.2) is 5.11 Å². The minimum absolute atomic E-state index is 0.555. The first kappa shape index (κ1) is 12.8. The third-order valence-electron chi connectivity index (χ3n) is 3.16. The Kier molecular flexibility index (Phi) is 4.40. The molecule has 1 aliphatic rings. The number of benzene rings is 1. The van der Waals surface area contributed by atoms with Crippen LogP contribution in [0.2, 0.25) is 0 Å². The Bertz CT molecular complexity index is 391. The number of rotatable bonds is 1. The molecule has 1 saturated heterocycles. The highest BCUT2D eigenvalue weighted by atomic mass is 79.9. The molecular weight excluding hydrogens is 296 g/mol. The molecule has 1 aromatic carbocycles. The van der Waals surface area contributed by atoms with Crippen LogP contribution in [-0.2, 0) is 0 Å². The van der Waals surface area contributed by atoms with E-state index >= 15 is 0 Å². The first-order chi connectivity index (χ1) is 8.16. The van der Waals surface area contributed by atoms with Gasteiger partial charge >= 0.3 is 0 Å². The number of likely N-dealkylation sites (tertiary alicyclic amines) is 1. The lowest BCUT2D eigenvalue weighted by Gasteiger charge is -2.35. The molecule has 1 N–H and O–H groups in total. The monoisotopic (exact) mass is 312 g/mol. The number of anilines is 1. The Labute approximate surface area is 117 Å². The van der Waals surface area contributed by atoms with E-state index in [0.29, 0.717) is 6.04 Å². The molecule has 4 heteroatoms. The highest BCUT2D eigenvalue weighted by Gasteiger charge is 2.20. The number of piperidine rings is 1. The van der Waals surface area contributed by atoms with Crippen LogP contribution < -0.4 is 5.32 Å². The zero-order valence-electron chi connectivity index (χ0n) is 9.95. The lowest BCUT2D eigenvalue weighted by molar-refractivity contribution is 0.262. The SMILES string of the molecule is C[C@H]1CCCCN1C(=S)Nc1ccc(Br)cc1. The van der Waals surface area contributed by atoms with Crippen LogP contribution in [0.3, 0.4) is 0 Å². The summed E-state index contributed by atoms with van der Waals surface area (Å²) < 4.78 is 1.08. The van der Waals surface area contributed by atoms with Crippen molar-refractivity contribution in [3.63, 3.8) is 0 Å². The molecule has 0 saturated carbocycles. The molecule has 1 heterocycles. The maximum absolute atomic E-state index is 5.47. The van der Waals surface area contributed by atoms with Crippen LogP contribution in [0.4, 0.5) is 5.69 Å². The molecule has 1 atom stereocenters. The van der Waals surface area contributed by atoms with E-state index in [4.69, 9.17) is 12.2 Å². The fourth-order valence-electron chi connectivity index (χ4n) is 2.13. The summed E-state index contributed by atoms with van der Waals surface area (Å²) in [6.45, 7) is 3.32. The Hall–Kier alpha value is -0.610. The molecule has 0 unspecified atom stereocenters. The van der Waals surface area contributed by atoms with Crippen molar-refractivity contribution in [2.24, 2.45) is 0 Å². The van der Waals surface area contributed by atoms with Gasteiger partial charge in [-0.05, 0) is 62.7 Å². The van der Waals surface area contributed by atoms with E-state index in [1.807, 2.05) is 24.3 Å². The third-order valence-corrected chi connectivity index (χ3v) is 4.02. The number of halogens is 1. The Morgan fingerprint density at radius 3 is 2.71 bits per heavy atom. The van der Waals surface area contributed by atoms with E-state index < -0.39 is 0 Å². The van der Waals surface area contributed by atoms with Crippen LogP contribution in [0.5, 0.6) is 0 Å². The van der Waals surface area contributed by atoms with Crippen molar-refractivity contribution < 1.29 is 0 Å². The fourth-order valence-corrected chi connectivity index (χ4v) is 2.78. The number of hydrogen-bond donors (Lipinski definition) is 1. The van der Waals surface area contributed by atoms with E-state index in [1.165, 1.54) is 19.3 Å². The molecule has 2 nitrogen and oxygen atoms in total. The van der Waals surface area contributed by atoms with Gasteiger partial charge < -0.3 is 10.2 Å². The number of hydrogen-bond acceptors (Lipinski definition) is 1. The molecule has 0 amide bonds. The highest BCUT2D eigenvalue weighted by Crippen LogP contribution is 2.19. The van der Waals surface area contributed by atoms with Gasteiger partial charge in [-0.2, -0.15) is 0 Å². The van der Waals surface area contributed by atoms with Crippen molar-refractivity contribution in [2.75, 3.05) is 11.9 Å². The van der Waals surface area contributed by atoms with Crippen molar-refractivity contribution in [1.82, 2.24) is 4.90 Å². The first-order valence-corrected chi connectivity index (χ1v) is 7.20. The Morgan fingerprint density at radius 1 is 1.35 bits per heavy atom. The zero-order chi connectivity index (χ0) is 12.3. The summed E-state index contributed by atoms with van der Waals surface area (Å²) in [5, 5.41) is 4.15. The van der Waals surface area contributed by atoms with Gasteiger partial charge in [-0.15, -0.1) is 0 Å². The summed E-state index contributed by atoms with van der Waals surface area (Å²) in [6.07, 6.45) is 3.80. The van der Waals surface area contributed by atoms with Crippen LogP contribution in [-0.4, -0.2) is 22.6 Å². The minimum Gasteiger partial charge on any atom is -0.346 e. The number of nitrogens with zero attached hydrogens (tertiary/aromatic N) is 1. The maximum atomic E-state index is 5.47. The van der Waals surface area contributed by atoms with E-state index in [1.54, 1.807) is 0 Å². The predicted molar refractivity (Wildman–Crippen MR) is 80.4 cm³/mol. The minimum atomic E-state index is 0.555. The first-order valence-electron chi connectivity index (χ1n) is 6.00. The van der Waals surface area contributed by atoms with Gasteiger partial charge in [0.05, 0.1) is 0 Å². The van der Waals surface area contributed by atoms with E-state index in [2.05, 4.69) is 33.1 Å². The lowest BCUT2D eigenvalue weighted by Crippen LogP contribution is -2.44. The Balaban J connectivity index is 1.98. The standard InChI is InChI=1S/C13H17BrN2S/c1-10-4-2-3-9-16(10)13(17)15-12-7-5-11(14)6-8-12/h5-8,10H,2-4,9H2,1H3,(H,15,17)/t10-/m0/s1. The molecule has 92 valence electrons. The molecule has 1 aromatic rings. The number of nitrogens with one attached hydrogen (secondary N) is 1. The van der Waals surface area contributed by atoms with Gasteiger partial charge in [-0.25, -0.2) is 0 Å². The van der Waals surface area contributed by atoms with Gasteiger partial charge in [0.25, 0.3) is 0 Å². The highest BCUT2D eigenvalue weighted by molar-refractivity contribution is 9.10. The van der Waals surface area contributed by atoms with Crippen molar-refractivity contribution in [3.05, 3.63) is 28.7 Å². The summed E-state index contributed by atoms with van der Waals surface area (Å²) in [7, 11) is 0. The molecule has 0 spiro atoms. The van der Waals surface area contributed by atoms with Gasteiger partial charge in [0, 0.05) is 22.7 Å². The molecule has 0 bridgehead atoms. The van der Waals surface area contributed by atoms with Crippen LogP contribution in [0.15, 0.2) is 28.7 Å². The third kappa shape index (κ3) is 3.42. The summed E-state index contributed by atoms with van der Waals surface area (Å²) in [4.78, 5) is 2.29. The Morgan fingerprint density at radius 2 is 2.06 bits per heavy atom. The summed E-state index contributed by atoms with van der Waals surface area (Å²) >= 11 is 8.90. The van der Waals surface area contributed by atoms with Crippen molar-refractivity contribution in [3.8, 4) is 0 Å². The van der Waals surface area contributed by atoms with Crippen LogP contribution in [0, 0.1) is 0 Å². The van der Waals surface area contributed by atoms with Crippen molar-refractivity contribution in [2.45, 2.75) is 32.2 Å². The van der Waals surface area contributed by atoms with E-state index in [9.17, 15) is 0 Å². The second kappa shape index (κ2) is 5.83. The van der Waals surface area contributed by atoms with Crippen LogP contribution in [0.25, 0.3) is 0 Å². The average Bonchev–Trinajstić information content (AvgIpc) is 2.32. The molecule has 1 fully saturated rings. The predicted octanol–water partition coefficient (Wildman–Crippen LogP) is 4.02. The van der Waals surface area contributed by atoms with Crippen LogP contribution >= 0.6 is 28.1 Å².